The summed E-state index contributed by atoms with van der Waals surface area (Å²) in [6.45, 7) is 3.68. The molecule has 1 aromatic heterocycles. The highest BCUT2D eigenvalue weighted by Gasteiger charge is 2.29. The predicted molar refractivity (Wildman–Crippen MR) is 88.1 cm³/mol. The van der Waals surface area contributed by atoms with Crippen LogP contribution < -0.4 is 5.32 Å². The van der Waals surface area contributed by atoms with Crippen molar-refractivity contribution in [2.24, 2.45) is 0 Å². The number of hydrogen-bond acceptors (Lipinski definition) is 4. The fourth-order valence-electron chi connectivity index (χ4n) is 2.80. The standard InChI is InChI=1S/C15H26N2O2S2/c1-3-16-12-14-10-11-15(20-14)21(18,19)17(2)13-8-6-4-5-7-9-13/h10-11,13,16H,3-9,12H2,1-2H3. The minimum absolute atomic E-state index is 0.164. The summed E-state index contributed by atoms with van der Waals surface area (Å²) in [6, 6.07) is 3.83. The first kappa shape index (κ1) is 16.9. The van der Waals surface area contributed by atoms with Crippen molar-refractivity contribution in [3.8, 4) is 0 Å². The molecular formula is C15H26N2O2S2. The van der Waals surface area contributed by atoms with Crippen LogP contribution in [-0.4, -0.2) is 32.4 Å². The summed E-state index contributed by atoms with van der Waals surface area (Å²) in [5, 5.41) is 3.23. The molecule has 4 nitrogen and oxygen atoms in total. The van der Waals surface area contributed by atoms with Gasteiger partial charge in [0.05, 0.1) is 0 Å². The molecule has 120 valence electrons. The molecule has 1 aliphatic rings. The second-order valence-corrected chi connectivity index (χ2v) is 9.06. The maximum atomic E-state index is 12.7. The van der Waals surface area contributed by atoms with Gasteiger partial charge in [-0.15, -0.1) is 11.3 Å². The Kier molecular flexibility index (Phi) is 6.22. The van der Waals surface area contributed by atoms with Gasteiger partial charge in [-0.25, -0.2) is 8.42 Å². The van der Waals surface area contributed by atoms with Crippen LogP contribution in [0.5, 0.6) is 0 Å². The van der Waals surface area contributed by atoms with E-state index in [2.05, 4.69) is 5.32 Å². The second-order valence-electron chi connectivity index (χ2n) is 5.67. The molecule has 0 spiro atoms. The van der Waals surface area contributed by atoms with Crippen LogP contribution in [0.4, 0.5) is 0 Å². The van der Waals surface area contributed by atoms with Crippen molar-refractivity contribution < 1.29 is 8.42 Å². The lowest BCUT2D eigenvalue weighted by Crippen LogP contribution is -2.36. The number of rotatable bonds is 6. The Labute approximate surface area is 132 Å². The predicted octanol–water partition coefficient (Wildman–Crippen LogP) is 3.20. The van der Waals surface area contributed by atoms with Gasteiger partial charge in [0.25, 0.3) is 10.0 Å². The van der Waals surface area contributed by atoms with Crippen LogP contribution in [0.2, 0.25) is 0 Å². The minimum Gasteiger partial charge on any atom is -0.312 e. The topological polar surface area (TPSA) is 49.4 Å². The Hall–Kier alpha value is -0.430. The lowest BCUT2D eigenvalue weighted by atomic mass is 10.1. The molecule has 1 aromatic rings. The van der Waals surface area contributed by atoms with E-state index >= 15 is 0 Å². The molecule has 0 saturated heterocycles. The van der Waals surface area contributed by atoms with E-state index in [9.17, 15) is 8.42 Å². The van der Waals surface area contributed by atoms with Gasteiger partial charge in [0.1, 0.15) is 4.21 Å². The summed E-state index contributed by atoms with van der Waals surface area (Å²) in [5.41, 5.74) is 0. The minimum atomic E-state index is -3.33. The molecule has 0 radical (unpaired) electrons. The van der Waals surface area contributed by atoms with Crippen molar-refractivity contribution in [3.05, 3.63) is 17.0 Å². The van der Waals surface area contributed by atoms with Crippen LogP contribution in [0.1, 0.15) is 50.3 Å². The average molecular weight is 331 g/mol. The first-order valence-electron chi connectivity index (χ1n) is 7.83. The molecule has 1 aliphatic carbocycles. The molecule has 0 aliphatic heterocycles. The molecule has 2 rings (SSSR count). The average Bonchev–Trinajstić information content (AvgIpc) is 2.79. The van der Waals surface area contributed by atoms with Gasteiger partial charge in [-0.1, -0.05) is 32.6 Å². The van der Waals surface area contributed by atoms with E-state index in [4.69, 9.17) is 0 Å². The van der Waals surface area contributed by atoms with Crippen LogP contribution >= 0.6 is 11.3 Å². The zero-order chi connectivity index (χ0) is 15.3. The van der Waals surface area contributed by atoms with Crippen molar-refractivity contribution in [1.29, 1.82) is 0 Å². The summed E-state index contributed by atoms with van der Waals surface area (Å²) in [5.74, 6) is 0. The fourth-order valence-corrected chi connectivity index (χ4v) is 5.73. The van der Waals surface area contributed by atoms with Crippen LogP contribution in [-0.2, 0) is 16.6 Å². The van der Waals surface area contributed by atoms with Gasteiger partial charge in [-0.2, -0.15) is 4.31 Å². The Morgan fingerprint density at radius 2 is 1.90 bits per heavy atom. The number of hydrogen-bond donors (Lipinski definition) is 1. The van der Waals surface area contributed by atoms with Gasteiger partial charge in [0.2, 0.25) is 0 Å². The highest BCUT2D eigenvalue weighted by atomic mass is 32.2. The molecule has 0 amide bonds. The SMILES string of the molecule is CCNCc1ccc(S(=O)(=O)N(C)C2CCCCCC2)s1. The Morgan fingerprint density at radius 3 is 2.52 bits per heavy atom. The van der Waals surface area contributed by atoms with Crippen LogP contribution in [0.15, 0.2) is 16.3 Å². The third-order valence-corrected chi connectivity index (χ3v) is 7.62. The smallest absolute Gasteiger partial charge is 0.252 e. The Balaban J connectivity index is 2.10. The normalized spacial score (nSPS) is 18.0. The molecule has 0 unspecified atom stereocenters. The summed E-state index contributed by atoms with van der Waals surface area (Å²) in [4.78, 5) is 1.07. The van der Waals surface area contributed by atoms with Crippen molar-refractivity contribution in [2.75, 3.05) is 13.6 Å². The van der Waals surface area contributed by atoms with Crippen molar-refractivity contribution in [3.63, 3.8) is 0 Å². The van der Waals surface area contributed by atoms with Crippen LogP contribution in [0.3, 0.4) is 0 Å². The molecule has 1 fully saturated rings. The zero-order valence-corrected chi connectivity index (χ0v) is 14.6. The molecule has 0 bridgehead atoms. The number of thiophene rings is 1. The number of nitrogens with one attached hydrogen (secondary N) is 1. The summed E-state index contributed by atoms with van der Waals surface area (Å²) in [6.07, 6.45) is 6.73. The van der Waals surface area contributed by atoms with Crippen molar-refractivity contribution >= 4 is 21.4 Å². The molecule has 6 heteroatoms. The highest BCUT2D eigenvalue weighted by molar-refractivity contribution is 7.91. The maximum absolute atomic E-state index is 12.7. The van der Waals surface area contributed by atoms with E-state index in [1.54, 1.807) is 17.4 Å². The molecule has 1 N–H and O–H groups in total. The van der Waals surface area contributed by atoms with Gasteiger partial charge in [-0.05, 0) is 31.5 Å². The largest absolute Gasteiger partial charge is 0.312 e. The van der Waals surface area contributed by atoms with Gasteiger partial charge in [0, 0.05) is 24.5 Å². The van der Waals surface area contributed by atoms with Gasteiger partial charge in [-0.3, -0.25) is 0 Å². The first-order valence-corrected chi connectivity index (χ1v) is 10.1. The summed E-state index contributed by atoms with van der Waals surface area (Å²) < 4.78 is 27.6. The van der Waals surface area contributed by atoms with E-state index in [1.165, 1.54) is 24.2 Å². The lowest BCUT2D eigenvalue weighted by molar-refractivity contribution is 0.336. The Morgan fingerprint density at radius 1 is 1.24 bits per heavy atom. The molecule has 0 atom stereocenters. The van der Waals surface area contributed by atoms with E-state index in [1.807, 2.05) is 13.0 Å². The van der Waals surface area contributed by atoms with Gasteiger partial charge >= 0.3 is 0 Å². The zero-order valence-electron chi connectivity index (χ0n) is 13.0. The van der Waals surface area contributed by atoms with Crippen molar-refractivity contribution in [1.82, 2.24) is 9.62 Å². The van der Waals surface area contributed by atoms with Crippen LogP contribution in [0.25, 0.3) is 0 Å². The Bertz CT molecular complexity index is 532. The second kappa shape index (κ2) is 7.72. The number of nitrogens with zero attached hydrogens (tertiary/aromatic N) is 1. The molecule has 0 aromatic carbocycles. The number of sulfonamides is 1. The molecule has 1 saturated carbocycles. The van der Waals surface area contributed by atoms with Gasteiger partial charge in [0.15, 0.2) is 0 Å². The third kappa shape index (κ3) is 4.28. The lowest BCUT2D eigenvalue weighted by Gasteiger charge is -2.25. The van der Waals surface area contributed by atoms with E-state index in [-0.39, 0.29) is 6.04 Å². The van der Waals surface area contributed by atoms with E-state index < -0.39 is 10.0 Å². The molecule has 1 heterocycles. The van der Waals surface area contributed by atoms with Crippen molar-refractivity contribution in [2.45, 2.75) is 62.2 Å². The molecule has 21 heavy (non-hydrogen) atoms. The van der Waals surface area contributed by atoms with E-state index in [0.29, 0.717) is 4.21 Å². The first-order chi connectivity index (χ1) is 10.1. The highest BCUT2D eigenvalue weighted by Crippen LogP contribution is 2.29. The van der Waals surface area contributed by atoms with Crippen LogP contribution in [0, 0.1) is 0 Å². The monoisotopic (exact) mass is 330 g/mol. The molecular weight excluding hydrogens is 304 g/mol. The maximum Gasteiger partial charge on any atom is 0.252 e. The quantitative estimate of drug-likeness (QED) is 0.815. The van der Waals surface area contributed by atoms with E-state index in [0.717, 1.165) is 43.6 Å². The summed E-state index contributed by atoms with van der Waals surface area (Å²) >= 11 is 1.39. The summed E-state index contributed by atoms with van der Waals surface area (Å²) in [7, 11) is -1.59. The fraction of sp³-hybridized carbons (Fsp3) is 0.733. The van der Waals surface area contributed by atoms with Gasteiger partial charge < -0.3 is 5.32 Å². The third-order valence-electron chi connectivity index (χ3n) is 4.16.